The topological polar surface area (TPSA) is 49.8 Å². The molecule has 13 heavy (non-hydrogen) atoms. The predicted molar refractivity (Wildman–Crippen MR) is 50.9 cm³/mol. The molecule has 0 aliphatic carbocycles. The Hall–Kier alpha value is -0.610. The van der Waals surface area contributed by atoms with E-state index in [4.69, 9.17) is 9.84 Å². The average molecular weight is 189 g/mol. The van der Waals surface area contributed by atoms with Crippen LogP contribution < -0.4 is 0 Å². The van der Waals surface area contributed by atoms with Gasteiger partial charge in [-0.2, -0.15) is 0 Å². The molecule has 0 saturated carbocycles. The number of likely N-dealkylation sites (N-methyl/N-ethyl adjacent to an activating group) is 1. The number of ether oxygens (including phenoxy) is 1. The maximum Gasteiger partial charge on any atom is 0.304 e. The summed E-state index contributed by atoms with van der Waals surface area (Å²) in [6, 6.07) is 0. The van der Waals surface area contributed by atoms with Crippen LogP contribution in [0.3, 0.4) is 0 Å². The average Bonchev–Trinajstić information content (AvgIpc) is 2.10. The first-order valence-corrected chi connectivity index (χ1v) is 4.72. The normalized spacial score (nSPS) is 10.7. The SMILES string of the molecule is CCOCCN(CC)CCC(=O)O. The molecule has 0 saturated heterocycles. The molecular formula is C9H19NO3. The van der Waals surface area contributed by atoms with Crippen LogP contribution >= 0.6 is 0 Å². The number of rotatable bonds is 8. The number of aliphatic carboxylic acids is 1. The third-order valence-electron chi connectivity index (χ3n) is 1.85. The van der Waals surface area contributed by atoms with Gasteiger partial charge in [-0.25, -0.2) is 0 Å². The van der Waals surface area contributed by atoms with Crippen molar-refractivity contribution in [3.63, 3.8) is 0 Å². The summed E-state index contributed by atoms with van der Waals surface area (Å²) >= 11 is 0. The molecule has 0 radical (unpaired) electrons. The van der Waals surface area contributed by atoms with Crippen molar-refractivity contribution in [1.29, 1.82) is 0 Å². The third kappa shape index (κ3) is 7.74. The molecule has 0 unspecified atom stereocenters. The molecule has 4 heteroatoms. The van der Waals surface area contributed by atoms with Gasteiger partial charge in [0.2, 0.25) is 0 Å². The second kappa shape index (κ2) is 8.01. The van der Waals surface area contributed by atoms with Crippen molar-refractivity contribution in [3.8, 4) is 0 Å². The molecule has 0 atom stereocenters. The number of hydrogen-bond acceptors (Lipinski definition) is 3. The van der Waals surface area contributed by atoms with E-state index < -0.39 is 5.97 Å². The zero-order valence-corrected chi connectivity index (χ0v) is 8.45. The molecule has 0 aliphatic heterocycles. The van der Waals surface area contributed by atoms with Crippen LogP contribution in [-0.2, 0) is 9.53 Å². The predicted octanol–water partition coefficient (Wildman–Crippen LogP) is 0.820. The van der Waals surface area contributed by atoms with Gasteiger partial charge in [0, 0.05) is 19.7 Å². The third-order valence-corrected chi connectivity index (χ3v) is 1.85. The molecular weight excluding hydrogens is 170 g/mol. The standard InChI is InChI=1S/C9H19NO3/c1-3-10(6-5-9(11)12)7-8-13-4-2/h3-8H2,1-2H3,(H,11,12). The lowest BCUT2D eigenvalue weighted by Gasteiger charge is -2.18. The minimum absolute atomic E-state index is 0.208. The van der Waals surface area contributed by atoms with Crippen LogP contribution in [0.5, 0.6) is 0 Å². The van der Waals surface area contributed by atoms with Crippen LogP contribution in [0.25, 0.3) is 0 Å². The van der Waals surface area contributed by atoms with E-state index in [9.17, 15) is 4.79 Å². The molecule has 0 fully saturated rings. The summed E-state index contributed by atoms with van der Waals surface area (Å²) in [5, 5.41) is 8.47. The summed E-state index contributed by atoms with van der Waals surface area (Å²) in [7, 11) is 0. The summed E-state index contributed by atoms with van der Waals surface area (Å²) in [6.45, 7) is 7.68. The van der Waals surface area contributed by atoms with Crippen molar-refractivity contribution >= 4 is 5.97 Å². The highest BCUT2D eigenvalue weighted by atomic mass is 16.5. The molecule has 0 aromatic carbocycles. The van der Waals surface area contributed by atoms with Crippen LogP contribution in [0.15, 0.2) is 0 Å². The highest BCUT2D eigenvalue weighted by Gasteiger charge is 2.04. The van der Waals surface area contributed by atoms with Crippen molar-refractivity contribution in [2.24, 2.45) is 0 Å². The summed E-state index contributed by atoms with van der Waals surface area (Å²) in [5.41, 5.74) is 0. The second-order valence-electron chi connectivity index (χ2n) is 2.77. The second-order valence-corrected chi connectivity index (χ2v) is 2.77. The van der Waals surface area contributed by atoms with Crippen molar-refractivity contribution in [3.05, 3.63) is 0 Å². The molecule has 0 bridgehead atoms. The van der Waals surface area contributed by atoms with Crippen molar-refractivity contribution in [2.75, 3.05) is 32.8 Å². The van der Waals surface area contributed by atoms with Gasteiger partial charge in [0.15, 0.2) is 0 Å². The lowest BCUT2D eigenvalue weighted by molar-refractivity contribution is -0.137. The fourth-order valence-corrected chi connectivity index (χ4v) is 1.02. The quantitative estimate of drug-likeness (QED) is 0.574. The minimum Gasteiger partial charge on any atom is -0.481 e. The fourth-order valence-electron chi connectivity index (χ4n) is 1.02. The van der Waals surface area contributed by atoms with Crippen LogP contribution in [0.4, 0.5) is 0 Å². The zero-order chi connectivity index (χ0) is 10.1. The highest BCUT2D eigenvalue weighted by Crippen LogP contribution is 1.91. The van der Waals surface area contributed by atoms with Crippen LogP contribution in [0, 0.1) is 0 Å². The first-order chi connectivity index (χ1) is 6.20. The molecule has 0 aliphatic rings. The van der Waals surface area contributed by atoms with E-state index in [1.54, 1.807) is 0 Å². The minimum atomic E-state index is -0.741. The van der Waals surface area contributed by atoms with E-state index in [2.05, 4.69) is 4.90 Å². The number of nitrogens with zero attached hydrogens (tertiary/aromatic N) is 1. The Morgan fingerprint density at radius 2 is 2.08 bits per heavy atom. The van der Waals surface area contributed by atoms with E-state index in [1.165, 1.54) is 0 Å². The van der Waals surface area contributed by atoms with E-state index in [1.807, 2.05) is 13.8 Å². The smallest absolute Gasteiger partial charge is 0.304 e. The molecule has 1 N–H and O–H groups in total. The summed E-state index contributed by atoms with van der Waals surface area (Å²) in [5.74, 6) is -0.741. The Labute approximate surface area is 79.5 Å². The van der Waals surface area contributed by atoms with Gasteiger partial charge in [0.25, 0.3) is 0 Å². The highest BCUT2D eigenvalue weighted by molar-refractivity contribution is 5.66. The van der Waals surface area contributed by atoms with Gasteiger partial charge in [0.1, 0.15) is 0 Å². The first-order valence-electron chi connectivity index (χ1n) is 4.72. The summed E-state index contributed by atoms with van der Waals surface area (Å²) in [6.07, 6.45) is 0.208. The van der Waals surface area contributed by atoms with Crippen LogP contribution in [-0.4, -0.2) is 48.8 Å². The molecule has 0 aromatic heterocycles. The molecule has 0 aromatic rings. The van der Waals surface area contributed by atoms with Gasteiger partial charge in [-0.15, -0.1) is 0 Å². The lowest BCUT2D eigenvalue weighted by Crippen LogP contribution is -2.29. The van der Waals surface area contributed by atoms with E-state index in [0.29, 0.717) is 13.2 Å². The fraction of sp³-hybridized carbons (Fsp3) is 0.889. The van der Waals surface area contributed by atoms with E-state index in [0.717, 1.165) is 19.7 Å². The molecule has 78 valence electrons. The summed E-state index contributed by atoms with van der Waals surface area (Å²) in [4.78, 5) is 12.4. The zero-order valence-electron chi connectivity index (χ0n) is 8.45. The largest absolute Gasteiger partial charge is 0.481 e. The monoisotopic (exact) mass is 189 g/mol. The van der Waals surface area contributed by atoms with Gasteiger partial charge in [0.05, 0.1) is 13.0 Å². The van der Waals surface area contributed by atoms with E-state index in [-0.39, 0.29) is 6.42 Å². The van der Waals surface area contributed by atoms with E-state index >= 15 is 0 Å². The number of carbonyl (C=O) groups is 1. The number of hydrogen-bond donors (Lipinski definition) is 1. The first kappa shape index (κ1) is 12.4. The maximum absolute atomic E-state index is 10.3. The van der Waals surface area contributed by atoms with Crippen molar-refractivity contribution in [2.45, 2.75) is 20.3 Å². The van der Waals surface area contributed by atoms with Crippen molar-refractivity contribution < 1.29 is 14.6 Å². The number of carboxylic acid groups (broad SMARTS) is 1. The Morgan fingerprint density at radius 3 is 2.54 bits per heavy atom. The van der Waals surface area contributed by atoms with Gasteiger partial charge >= 0.3 is 5.97 Å². The van der Waals surface area contributed by atoms with Gasteiger partial charge in [-0.05, 0) is 13.5 Å². The Morgan fingerprint density at radius 1 is 1.38 bits per heavy atom. The van der Waals surface area contributed by atoms with Crippen LogP contribution in [0.1, 0.15) is 20.3 Å². The molecule has 0 amide bonds. The summed E-state index contributed by atoms with van der Waals surface area (Å²) < 4.78 is 5.18. The van der Waals surface area contributed by atoms with Gasteiger partial charge in [-0.3, -0.25) is 4.79 Å². The molecule has 0 heterocycles. The Kier molecular flexibility index (Phi) is 7.63. The van der Waals surface area contributed by atoms with Crippen LogP contribution in [0.2, 0.25) is 0 Å². The molecule has 0 spiro atoms. The Bertz CT molecular complexity index is 139. The van der Waals surface area contributed by atoms with Gasteiger partial charge < -0.3 is 14.7 Å². The molecule has 4 nitrogen and oxygen atoms in total. The maximum atomic E-state index is 10.3. The van der Waals surface area contributed by atoms with Crippen molar-refractivity contribution in [1.82, 2.24) is 4.90 Å². The molecule has 0 rings (SSSR count). The van der Waals surface area contributed by atoms with Gasteiger partial charge in [-0.1, -0.05) is 6.92 Å². The lowest BCUT2D eigenvalue weighted by atomic mass is 10.4. The number of carboxylic acids is 1. The Balaban J connectivity index is 3.45.